The molecule has 2 aromatic carbocycles. The molecule has 4 rings (SSSR count). The van der Waals surface area contributed by atoms with E-state index in [0.717, 1.165) is 16.8 Å². The summed E-state index contributed by atoms with van der Waals surface area (Å²) < 4.78 is 21.0. The van der Waals surface area contributed by atoms with Gasteiger partial charge in [-0.25, -0.2) is 4.57 Å². The molecule has 1 aliphatic heterocycles. The lowest BCUT2D eigenvalue weighted by Crippen LogP contribution is -2.41. The number of aromatic nitrogens is 1. The fourth-order valence-corrected chi connectivity index (χ4v) is 3.85. The molecule has 0 aliphatic carbocycles. The third-order valence-electron chi connectivity index (χ3n) is 5.36. The third kappa shape index (κ3) is 6.83. The molecule has 36 heavy (non-hydrogen) atoms. The fraction of sp³-hybridized carbons (Fsp3) is 0.174. The second-order valence-electron chi connectivity index (χ2n) is 7.94. The summed E-state index contributed by atoms with van der Waals surface area (Å²) in [5, 5.41) is 11.0. The number of nitrogens with zero attached hydrogens (tertiary/aromatic N) is 5. The third-order valence-corrected chi connectivity index (χ3v) is 5.81. The summed E-state index contributed by atoms with van der Waals surface area (Å²) in [7, 11) is -4.62. The van der Waals surface area contributed by atoms with Gasteiger partial charge in [0.25, 0.3) is 0 Å². The van der Waals surface area contributed by atoms with Gasteiger partial charge in [0.05, 0.1) is 5.69 Å². The molecule has 1 aromatic heterocycles. The second-order valence-corrected chi connectivity index (χ2v) is 9.18. The van der Waals surface area contributed by atoms with Crippen LogP contribution < -0.4 is 11.1 Å². The summed E-state index contributed by atoms with van der Waals surface area (Å²) in [5.74, 6) is 0.465. The molecule has 0 fully saturated rings. The monoisotopic (exact) mass is 509 g/mol. The highest BCUT2D eigenvalue weighted by molar-refractivity contribution is 7.46. The van der Waals surface area contributed by atoms with Crippen LogP contribution in [0.2, 0.25) is 0 Å². The van der Waals surface area contributed by atoms with Gasteiger partial charge < -0.3 is 30.3 Å². The Morgan fingerprint density at radius 2 is 2.00 bits per heavy atom. The molecule has 1 unspecified atom stereocenters. The van der Waals surface area contributed by atoms with E-state index in [9.17, 15) is 4.57 Å². The SMILES string of the molecule is [N-]=[N+]=Nc1cccc(NCc2ccc(Cc3cc(C4=CC=CN(COP(=O)(O)O)C4N)on3)cc2)c1. The molecule has 0 saturated carbocycles. The first-order valence-electron chi connectivity index (χ1n) is 10.8. The number of hydrogen-bond acceptors (Lipinski definition) is 8. The van der Waals surface area contributed by atoms with Gasteiger partial charge in [0.1, 0.15) is 12.9 Å². The second kappa shape index (κ2) is 11.2. The smallest absolute Gasteiger partial charge is 0.381 e. The molecule has 3 aromatic rings. The Labute approximate surface area is 206 Å². The molecule has 0 radical (unpaired) electrons. The van der Waals surface area contributed by atoms with E-state index in [1.165, 1.54) is 4.90 Å². The summed E-state index contributed by atoms with van der Waals surface area (Å²) in [4.78, 5) is 22.1. The van der Waals surface area contributed by atoms with Crippen LogP contribution >= 0.6 is 7.82 Å². The van der Waals surface area contributed by atoms with E-state index in [4.69, 9.17) is 25.6 Å². The molecular weight excluding hydrogens is 485 g/mol. The average molecular weight is 509 g/mol. The summed E-state index contributed by atoms with van der Waals surface area (Å²) in [5.41, 5.74) is 19.6. The van der Waals surface area contributed by atoms with E-state index in [0.29, 0.717) is 35.7 Å². The van der Waals surface area contributed by atoms with Gasteiger partial charge in [-0.05, 0) is 34.9 Å². The average Bonchev–Trinajstić information content (AvgIpc) is 3.31. The number of phosphoric acid groups is 1. The first-order valence-corrected chi connectivity index (χ1v) is 12.4. The van der Waals surface area contributed by atoms with Crippen LogP contribution in [-0.2, 0) is 22.1 Å². The molecule has 12 nitrogen and oxygen atoms in total. The van der Waals surface area contributed by atoms with E-state index < -0.39 is 14.0 Å². The number of nitrogens with two attached hydrogens (primary N) is 1. The fourth-order valence-electron chi connectivity index (χ4n) is 3.57. The van der Waals surface area contributed by atoms with Crippen LogP contribution in [-0.4, -0.2) is 32.7 Å². The topological polar surface area (TPSA) is 183 Å². The van der Waals surface area contributed by atoms with Crippen LogP contribution in [0.15, 0.2) is 82.6 Å². The Kier molecular flexibility index (Phi) is 7.87. The van der Waals surface area contributed by atoms with Crippen molar-refractivity contribution in [2.24, 2.45) is 10.8 Å². The van der Waals surface area contributed by atoms with Crippen LogP contribution in [0.3, 0.4) is 0 Å². The first-order chi connectivity index (χ1) is 17.3. The van der Waals surface area contributed by atoms with Gasteiger partial charge in [0, 0.05) is 47.1 Å². The van der Waals surface area contributed by atoms with Crippen molar-refractivity contribution in [1.29, 1.82) is 0 Å². The predicted octanol–water partition coefficient (Wildman–Crippen LogP) is 4.38. The summed E-state index contributed by atoms with van der Waals surface area (Å²) in [6.07, 6.45) is 4.85. The predicted molar refractivity (Wildman–Crippen MR) is 133 cm³/mol. The largest absolute Gasteiger partial charge is 0.471 e. The number of benzene rings is 2. The first kappa shape index (κ1) is 25.2. The van der Waals surface area contributed by atoms with Crippen LogP contribution in [0.25, 0.3) is 16.0 Å². The van der Waals surface area contributed by atoms with Crippen molar-refractivity contribution in [2.75, 3.05) is 12.0 Å². The quantitative estimate of drug-likeness (QED) is 0.133. The zero-order chi connectivity index (χ0) is 25.5. The minimum atomic E-state index is -4.62. The van der Waals surface area contributed by atoms with Crippen molar-refractivity contribution in [3.05, 3.63) is 106 Å². The maximum atomic E-state index is 11.0. The van der Waals surface area contributed by atoms with Crippen LogP contribution in [0.4, 0.5) is 11.4 Å². The maximum absolute atomic E-state index is 11.0. The zero-order valence-electron chi connectivity index (χ0n) is 19.0. The van der Waals surface area contributed by atoms with Gasteiger partial charge in [0.2, 0.25) is 0 Å². The van der Waals surface area contributed by atoms with Gasteiger partial charge in [-0.2, -0.15) is 0 Å². The van der Waals surface area contributed by atoms with Crippen molar-refractivity contribution in [3.8, 4) is 0 Å². The van der Waals surface area contributed by atoms with Crippen molar-refractivity contribution in [2.45, 2.75) is 19.1 Å². The normalized spacial score (nSPS) is 15.4. The highest BCUT2D eigenvalue weighted by Crippen LogP contribution is 2.36. The van der Waals surface area contributed by atoms with Gasteiger partial charge >= 0.3 is 7.82 Å². The van der Waals surface area contributed by atoms with Crippen molar-refractivity contribution >= 4 is 24.8 Å². The van der Waals surface area contributed by atoms with Crippen LogP contribution in [0.1, 0.15) is 22.6 Å². The van der Waals surface area contributed by atoms with Crippen LogP contribution in [0.5, 0.6) is 0 Å². The van der Waals surface area contributed by atoms with E-state index in [-0.39, 0.29) is 6.73 Å². The lowest BCUT2D eigenvalue weighted by Gasteiger charge is -2.30. The minimum Gasteiger partial charge on any atom is -0.381 e. The lowest BCUT2D eigenvalue weighted by molar-refractivity contribution is 0.110. The summed E-state index contributed by atoms with van der Waals surface area (Å²) >= 11 is 0. The molecule has 0 bridgehead atoms. The van der Waals surface area contributed by atoms with Gasteiger partial charge in [0.15, 0.2) is 5.76 Å². The Morgan fingerprint density at radius 3 is 2.75 bits per heavy atom. The standard InChI is InChI=1S/C23H24N7O5P/c24-23-21(5-2-10-30(23)15-34-36(31,32)33)22-13-20(28-35-22)11-16-6-8-17(9-7-16)14-26-18-3-1-4-19(12-18)27-29-25/h1-10,12-13,23,26H,11,14-15,24H2,(H2,31,32,33). The van der Waals surface area contributed by atoms with Gasteiger partial charge in [-0.1, -0.05) is 52.7 Å². The van der Waals surface area contributed by atoms with Crippen molar-refractivity contribution in [1.82, 2.24) is 10.1 Å². The molecule has 2 heterocycles. The molecule has 1 aliphatic rings. The lowest BCUT2D eigenvalue weighted by atomic mass is 10.0. The van der Waals surface area contributed by atoms with E-state index in [1.54, 1.807) is 36.6 Å². The minimum absolute atomic E-state index is 0.374. The molecule has 5 N–H and O–H groups in total. The van der Waals surface area contributed by atoms with E-state index >= 15 is 0 Å². The highest BCUT2D eigenvalue weighted by atomic mass is 31.2. The Morgan fingerprint density at radius 1 is 1.22 bits per heavy atom. The maximum Gasteiger partial charge on any atom is 0.471 e. The van der Waals surface area contributed by atoms with E-state index in [1.807, 2.05) is 36.4 Å². The molecule has 0 amide bonds. The number of anilines is 1. The molecular formula is C23H24N7O5P. The van der Waals surface area contributed by atoms with Gasteiger partial charge in [-0.15, -0.1) is 0 Å². The number of hydrogen-bond donors (Lipinski definition) is 4. The molecule has 0 spiro atoms. The number of rotatable bonds is 10. The Balaban J connectivity index is 1.34. The molecule has 1 atom stereocenters. The Bertz CT molecular complexity index is 1360. The van der Waals surface area contributed by atoms with Crippen molar-refractivity contribution < 1.29 is 23.4 Å². The summed E-state index contributed by atoms with van der Waals surface area (Å²) in [6, 6.07) is 17.1. The molecule has 186 valence electrons. The number of azide groups is 1. The van der Waals surface area contributed by atoms with Crippen molar-refractivity contribution in [3.63, 3.8) is 0 Å². The van der Waals surface area contributed by atoms with E-state index in [2.05, 4.69) is 25.0 Å². The number of phosphoric ester groups is 1. The van der Waals surface area contributed by atoms with Crippen LogP contribution in [0, 0.1) is 0 Å². The molecule has 0 saturated heterocycles. The molecule has 13 heteroatoms. The number of nitrogens with one attached hydrogen (secondary N) is 1. The summed E-state index contributed by atoms with van der Waals surface area (Å²) in [6.45, 7) is 0.233. The zero-order valence-corrected chi connectivity index (χ0v) is 19.9. The van der Waals surface area contributed by atoms with Gasteiger partial charge in [-0.3, -0.25) is 4.52 Å². The number of allylic oxidation sites excluding steroid dienone is 2. The Hall–Kier alpha value is -3.89. The highest BCUT2D eigenvalue weighted by Gasteiger charge is 2.25.